The van der Waals surface area contributed by atoms with Crippen LogP contribution in [0, 0.1) is 0 Å². The van der Waals surface area contributed by atoms with Gasteiger partial charge in [0.05, 0.1) is 17.9 Å². The number of aromatic nitrogens is 2. The van der Waals surface area contributed by atoms with Crippen molar-refractivity contribution in [3.8, 4) is 0 Å². The highest BCUT2D eigenvalue weighted by molar-refractivity contribution is 5.43. The molecule has 0 bridgehead atoms. The van der Waals surface area contributed by atoms with E-state index in [9.17, 15) is 0 Å². The molecule has 1 aromatic heterocycles. The summed E-state index contributed by atoms with van der Waals surface area (Å²) in [6.07, 6.45) is 8.92. The zero-order valence-electron chi connectivity index (χ0n) is 10.8. The molecule has 3 rings (SSSR count). The highest BCUT2D eigenvalue weighted by atomic mass is 15.3. The predicted molar refractivity (Wildman–Crippen MR) is 73.6 cm³/mol. The van der Waals surface area contributed by atoms with Gasteiger partial charge in [-0.25, -0.2) is 0 Å². The molecule has 1 heterocycles. The fraction of sp³-hybridized carbons (Fsp3) is 0.400. The topological polar surface area (TPSA) is 29.9 Å². The minimum Gasteiger partial charge on any atom is -0.376 e. The van der Waals surface area contributed by atoms with Crippen LogP contribution in [0.25, 0.3) is 0 Å². The molecule has 3 heteroatoms. The number of nitrogens with zero attached hydrogens (tertiary/aromatic N) is 2. The Kier molecular flexibility index (Phi) is 3.05. The normalized spacial score (nSPS) is 19.1. The molecule has 1 aliphatic carbocycles. The Labute approximate surface area is 108 Å². The van der Waals surface area contributed by atoms with Crippen molar-refractivity contribution in [1.82, 2.24) is 9.78 Å². The molecule has 3 nitrogen and oxygen atoms in total. The van der Waals surface area contributed by atoms with Crippen LogP contribution in [0.5, 0.6) is 0 Å². The Morgan fingerprint density at radius 3 is 3.00 bits per heavy atom. The fourth-order valence-corrected chi connectivity index (χ4v) is 2.77. The summed E-state index contributed by atoms with van der Waals surface area (Å²) >= 11 is 0. The number of anilines is 1. The Morgan fingerprint density at radius 1 is 1.28 bits per heavy atom. The van der Waals surface area contributed by atoms with E-state index in [4.69, 9.17) is 0 Å². The third-order valence-corrected chi connectivity index (χ3v) is 3.67. The second-order valence-electron chi connectivity index (χ2n) is 5.04. The predicted octanol–water partition coefficient (Wildman–Crippen LogP) is 3.30. The molecule has 18 heavy (non-hydrogen) atoms. The summed E-state index contributed by atoms with van der Waals surface area (Å²) in [6, 6.07) is 9.23. The van der Waals surface area contributed by atoms with Gasteiger partial charge in [0.2, 0.25) is 0 Å². The van der Waals surface area contributed by atoms with Crippen molar-refractivity contribution < 1.29 is 0 Å². The molecular weight excluding hydrogens is 222 g/mol. The average Bonchev–Trinajstić information content (AvgIpc) is 2.68. The number of fused-ring (bicyclic) bond motifs is 1. The summed E-state index contributed by atoms with van der Waals surface area (Å²) in [5, 5.41) is 7.83. The summed E-state index contributed by atoms with van der Waals surface area (Å²) in [5.74, 6) is 0. The largest absolute Gasteiger partial charge is 0.376 e. The second kappa shape index (κ2) is 4.84. The van der Waals surface area contributed by atoms with Gasteiger partial charge in [-0.15, -0.1) is 0 Å². The van der Waals surface area contributed by atoms with Gasteiger partial charge in [-0.2, -0.15) is 5.10 Å². The summed E-state index contributed by atoms with van der Waals surface area (Å²) < 4.78 is 1.84. The first kappa shape index (κ1) is 11.3. The minimum absolute atomic E-state index is 0.424. The van der Waals surface area contributed by atoms with Crippen molar-refractivity contribution in [2.75, 3.05) is 5.32 Å². The van der Waals surface area contributed by atoms with Crippen molar-refractivity contribution in [3.05, 3.63) is 47.8 Å². The van der Waals surface area contributed by atoms with Crippen molar-refractivity contribution in [2.45, 2.75) is 31.7 Å². The number of rotatable bonds is 2. The Morgan fingerprint density at radius 2 is 2.17 bits per heavy atom. The molecule has 1 N–H and O–H groups in total. The van der Waals surface area contributed by atoms with E-state index in [1.54, 1.807) is 0 Å². The quantitative estimate of drug-likeness (QED) is 0.818. The van der Waals surface area contributed by atoms with Crippen molar-refractivity contribution in [2.24, 2.45) is 7.05 Å². The zero-order valence-corrected chi connectivity index (χ0v) is 10.8. The number of aryl methyl sites for hydroxylation is 2. The highest BCUT2D eigenvalue weighted by Gasteiger charge is 2.18. The number of hydrogen-bond donors (Lipinski definition) is 1. The summed E-state index contributed by atoms with van der Waals surface area (Å²) in [4.78, 5) is 0. The smallest absolute Gasteiger partial charge is 0.0731 e. The maximum Gasteiger partial charge on any atom is 0.0731 e. The Balaban J connectivity index is 1.87. The van der Waals surface area contributed by atoms with Gasteiger partial charge >= 0.3 is 0 Å². The molecule has 0 radical (unpaired) electrons. The molecular formula is C15H19N3. The highest BCUT2D eigenvalue weighted by Crippen LogP contribution is 2.31. The van der Waals surface area contributed by atoms with Gasteiger partial charge in [0.1, 0.15) is 0 Å². The van der Waals surface area contributed by atoms with Crippen LogP contribution in [0.3, 0.4) is 0 Å². The third-order valence-electron chi connectivity index (χ3n) is 3.67. The van der Waals surface area contributed by atoms with E-state index in [1.165, 1.54) is 36.8 Å². The molecule has 1 aliphatic rings. The van der Waals surface area contributed by atoms with E-state index in [2.05, 4.69) is 34.7 Å². The van der Waals surface area contributed by atoms with E-state index in [-0.39, 0.29) is 0 Å². The van der Waals surface area contributed by atoms with E-state index in [0.717, 1.165) is 5.69 Å². The van der Waals surface area contributed by atoms with E-state index in [0.29, 0.717) is 6.04 Å². The molecule has 1 aromatic carbocycles. The Hall–Kier alpha value is -1.77. The van der Waals surface area contributed by atoms with Gasteiger partial charge in [0.15, 0.2) is 0 Å². The van der Waals surface area contributed by atoms with Crippen LogP contribution >= 0.6 is 0 Å². The standard InChI is InChI=1S/C15H19N3/c1-18-11-13(10-16-18)17-15-9-5-3-7-12-6-2-4-8-14(12)15/h2,4,6,8,10-11,15,17H,3,5,7,9H2,1H3. The van der Waals surface area contributed by atoms with Gasteiger partial charge in [0, 0.05) is 13.2 Å². The van der Waals surface area contributed by atoms with Gasteiger partial charge in [-0.3, -0.25) is 4.68 Å². The lowest BCUT2D eigenvalue weighted by atomic mass is 9.99. The van der Waals surface area contributed by atoms with E-state index in [1.807, 2.05) is 24.1 Å². The van der Waals surface area contributed by atoms with E-state index >= 15 is 0 Å². The van der Waals surface area contributed by atoms with Crippen molar-refractivity contribution in [1.29, 1.82) is 0 Å². The monoisotopic (exact) mass is 241 g/mol. The van der Waals surface area contributed by atoms with Gasteiger partial charge < -0.3 is 5.32 Å². The fourth-order valence-electron chi connectivity index (χ4n) is 2.77. The lowest BCUT2D eigenvalue weighted by Crippen LogP contribution is -2.10. The summed E-state index contributed by atoms with van der Waals surface area (Å²) in [7, 11) is 1.95. The molecule has 0 saturated carbocycles. The SMILES string of the molecule is Cn1cc(NC2CCCCc3ccccc32)cn1. The maximum absolute atomic E-state index is 4.22. The van der Waals surface area contributed by atoms with Crippen LogP contribution in [0.1, 0.15) is 36.4 Å². The first-order valence-electron chi connectivity index (χ1n) is 6.66. The molecule has 1 unspecified atom stereocenters. The van der Waals surface area contributed by atoms with Gasteiger partial charge in [-0.05, 0) is 30.4 Å². The Bertz CT molecular complexity index is 530. The maximum atomic E-state index is 4.22. The van der Waals surface area contributed by atoms with Crippen molar-refractivity contribution in [3.63, 3.8) is 0 Å². The molecule has 0 aliphatic heterocycles. The molecule has 94 valence electrons. The molecule has 2 aromatic rings. The minimum atomic E-state index is 0.424. The third kappa shape index (κ3) is 2.26. The van der Waals surface area contributed by atoms with Crippen LogP contribution < -0.4 is 5.32 Å². The van der Waals surface area contributed by atoms with Gasteiger partial charge in [0.25, 0.3) is 0 Å². The van der Waals surface area contributed by atoms with Crippen LogP contribution in [0.2, 0.25) is 0 Å². The zero-order chi connectivity index (χ0) is 12.4. The second-order valence-corrected chi connectivity index (χ2v) is 5.04. The molecule has 0 fully saturated rings. The van der Waals surface area contributed by atoms with Gasteiger partial charge in [-0.1, -0.05) is 30.7 Å². The number of nitrogens with one attached hydrogen (secondary N) is 1. The molecule has 1 atom stereocenters. The molecule has 0 amide bonds. The lowest BCUT2D eigenvalue weighted by Gasteiger charge is -2.19. The van der Waals surface area contributed by atoms with E-state index < -0.39 is 0 Å². The lowest BCUT2D eigenvalue weighted by molar-refractivity contribution is 0.644. The molecule has 0 saturated heterocycles. The number of benzene rings is 1. The van der Waals surface area contributed by atoms with Crippen LogP contribution in [-0.2, 0) is 13.5 Å². The molecule has 0 spiro atoms. The average molecular weight is 241 g/mol. The van der Waals surface area contributed by atoms with Crippen LogP contribution in [0.15, 0.2) is 36.7 Å². The first-order chi connectivity index (χ1) is 8.83. The summed E-state index contributed by atoms with van der Waals surface area (Å²) in [6.45, 7) is 0. The number of hydrogen-bond acceptors (Lipinski definition) is 2. The summed E-state index contributed by atoms with van der Waals surface area (Å²) in [5.41, 5.74) is 4.06. The van der Waals surface area contributed by atoms with Crippen LogP contribution in [0.4, 0.5) is 5.69 Å². The van der Waals surface area contributed by atoms with Crippen LogP contribution in [-0.4, -0.2) is 9.78 Å². The first-order valence-corrected chi connectivity index (χ1v) is 6.66. The van der Waals surface area contributed by atoms with Crippen molar-refractivity contribution >= 4 is 5.69 Å².